The maximum Gasteiger partial charge on any atom is 0.165 e. The Hall–Kier alpha value is -1.60. The molecule has 1 aromatic heterocycles. The van der Waals surface area contributed by atoms with Crippen molar-refractivity contribution in [3.63, 3.8) is 0 Å². The normalized spacial score (nSPS) is 40.8. The van der Waals surface area contributed by atoms with Gasteiger partial charge in [-0.2, -0.15) is 0 Å². The van der Waals surface area contributed by atoms with E-state index in [0.717, 1.165) is 57.4 Å². The third kappa shape index (κ3) is 2.81. The lowest BCUT2D eigenvalue weighted by atomic mass is 9.33. The Labute approximate surface area is 223 Å². The van der Waals surface area contributed by atoms with E-state index in [0.29, 0.717) is 11.8 Å². The number of phenols is 1. The highest BCUT2D eigenvalue weighted by atomic mass is 32.1. The fourth-order valence-corrected chi connectivity index (χ4v) is 10.8. The zero-order valence-electron chi connectivity index (χ0n) is 22.0. The molecule has 198 valence electrons. The van der Waals surface area contributed by atoms with Gasteiger partial charge in [0, 0.05) is 46.9 Å². The van der Waals surface area contributed by atoms with Crippen LogP contribution in [0.15, 0.2) is 29.6 Å². The Bertz CT molecular complexity index is 1240. The summed E-state index contributed by atoms with van der Waals surface area (Å²) in [6.45, 7) is 4.36. The first kappa shape index (κ1) is 23.3. The molecule has 5 nitrogen and oxygen atoms in total. The largest absolute Gasteiger partial charge is 0.504 e. The molecule has 1 unspecified atom stereocenters. The van der Waals surface area contributed by atoms with Gasteiger partial charge in [0.15, 0.2) is 11.5 Å². The van der Waals surface area contributed by atoms with Crippen LogP contribution in [-0.2, 0) is 23.0 Å². The second kappa shape index (κ2) is 7.53. The number of hydrogen-bond acceptors (Lipinski definition) is 6. The quantitative estimate of drug-likeness (QED) is 0.533. The van der Waals surface area contributed by atoms with Crippen LogP contribution in [0.2, 0.25) is 0 Å². The summed E-state index contributed by atoms with van der Waals surface area (Å²) in [5, 5.41) is 25.4. The molecule has 2 aliphatic heterocycles. The molecule has 6 heteroatoms. The molecule has 2 aromatic rings. The van der Waals surface area contributed by atoms with Gasteiger partial charge in [-0.3, -0.25) is 4.90 Å². The topological polar surface area (TPSA) is 62.2 Å². The number of aromatic hydroxyl groups is 1. The van der Waals surface area contributed by atoms with Gasteiger partial charge in [-0.15, -0.1) is 11.3 Å². The highest BCUT2D eigenvalue weighted by molar-refractivity contribution is 7.09. The van der Waals surface area contributed by atoms with Gasteiger partial charge < -0.3 is 19.7 Å². The molecule has 37 heavy (non-hydrogen) atoms. The first-order valence-corrected chi connectivity index (χ1v) is 15.3. The van der Waals surface area contributed by atoms with Gasteiger partial charge >= 0.3 is 0 Å². The zero-order valence-corrected chi connectivity index (χ0v) is 22.9. The van der Waals surface area contributed by atoms with Crippen LogP contribution < -0.4 is 4.74 Å². The lowest BCUT2D eigenvalue weighted by molar-refractivity contribution is -0.302. The predicted octanol–water partition coefficient (Wildman–Crippen LogP) is 5.06. The number of benzene rings is 1. The van der Waals surface area contributed by atoms with Gasteiger partial charge in [0.1, 0.15) is 11.7 Å². The molecule has 3 heterocycles. The fourth-order valence-electron chi connectivity index (χ4n) is 10.1. The average Bonchev–Trinajstić information content (AvgIpc) is 3.40. The third-order valence-corrected chi connectivity index (χ3v) is 12.8. The number of nitrogens with zero attached hydrogens (tertiary/aromatic N) is 1. The molecule has 2 spiro atoms. The van der Waals surface area contributed by atoms with Crippen LogP contribution in [0.25, 0.3) is 0 Å². The molecular formula is C31H39NO4S. The van der Waals surface area contributed by atoms with Crippen LogP contribution in [0.1, 0.15) is 67.9 Å². The van der Waals surface area contributed by atoms with Gasteiger partial charge in [0.05, 0.1) is 5.60 Å². The van der Waals surface area contributed by atoms with E-state index in [2.05, 4.69) is 35.4 Å². The molecule has 4 bridgehead atoms. The minimum Gasteiger partial charge on any atom is -0.504 e. The van der Waals surface area contributed by atoms with Gasteiger partial charge in [-0.1, -0.05) is 12.1 Å². The fraction of sp³-hybridized carbons (Fsp3) is 0.677. The number of phenolic OH excluding ortho intramolecular Hbond substituents is 1. The molecule has 1 saturated heterocycles. The molecule has 7 atom stereocenters. The molecule has 5 aliphatic carbocycles. The Morgan fingerprint density at radius 3 is 2.84 bits per heavy atom. The molecule has 7 aliphatic rings. The number of piperidine rings is 1. The zero-order chi connectivity index (χ0) is 25.2. The summed E-state index contributed by atoms with van der Waals surface area (Å²) in [6.07, 6.45) is 9.25. The van der Waals surface area contributed by atoms with E-state index in [9.17, 15) is 10.2 Å². The summed E-state index contributed by atoms with van der Waals surface area (Å²) >= 11 is 1.77. The van der Waals surface area contributed by atoms with E-state index in [4.69, 9.17) is 9.47 Å². The van der Waals surface area contributed by atoms with E-state index in [1.807, 2.05) is 13.2 Å². The molecule has 5 fully saturated rings. The predicted molar refractivity (Wildman–Crippen MR) is 143 cm³/mol. The van der Waals surface area contributed by atoms with Crippen LogP contribution in [0, 0.1) is 17.3 Å². The van der Waals surface area contributed by atoms with Crippen molar-refractivity contribution in [3.05, 3.63) is 45.6 Å². The van der Waals surface area contributed by atoms with Crippen molar-refractivity contribution in [2.45, 2.75) is 93.5 Å². The van der Waals surface area contributed by atoms with E-state index >= 15 is 0 Å². The maximum absolute atomic E-state index is 12.3. The second-order valence-electron chi connectivity index (χ2n) is 13.3. The molecular weight excluding hydrogens is 482 g/mol. The second-order valence-corrected chi connectivity index (χ2v) is 14.4. The Kier molecular flexibility index (Phi) is 4.74. The summed E-state index contributed by atoms with van der Waals surface area (Å²) < 4.78 is 13.5. The van der Waals surface area contributed by atoms with E-state index < -0.39 is 11.2 Å². The minimum absolute atomic E-state index is 0.0155. The molecule has 0 radical (unpaired) electrons. The standard InChI is InChI=1S/C31H39NO4S/c1-28(34,10-9-21-4-3-15-37-21)23-17-29-11-12-31(23,35-2)27-30(29)13-14-32(18-19-5-6-19)24(29)16-20-7-8-22(33)26(36-27)25(20)30/h3-4,7-8,15,19,23-24,27,33-34H,5-6,9-14,16-18H2,1-2H3/t23?,24-,27-,28-,29-,30+,31+/m1/s1. The van der Waals surface area contributed by atoms with Crippen LogP contribution >= 0.6 is 11.3 Å². The van der Waals surface area contributed by atoms with Gasteiger partial charge in [-0.05, 0) is 100 Å². The van der Waals surface area contributed by atoms with Crippen molar-refractivity contribution in [3.8, 4) is 11.5 Å². The first-order valence-electron chi connectivity index (χ1n) is 14.4. The number of rotatable bonds is 7. The van der Waals surface area contributed by atoms with Crippen LogP contribution in [0.3, 0.4) is 0 Å². The minimum atomic E-state index is -0.870. The van der Waals surface area contributed by atoms with Crippen LogP contribution in [0.5, 0.6) is 11.5 Å². The average molecular weight is 522 g/mol. The SMILES string of the molecule is CO[C@@]12CC[C@@]3(CC1[C@](C)(O)CCc1cccs1)[C@H]1Cc4ccc(O)c5c4[C@@]3(CCN1CC1CC1)[C@H]2O5. The highest BCUT2D eigenvalue weighted by Gasteiger charge is 2.81. The smallest absolute Gasteiger partial charge is 0.165 e. The number of hydrogen-bond donors (Lipinski definition) is 2. The van der Waals surface area contributed by atoms with Crippen molar-refractivity contribution in [2.24, 2.45) is 17.3 Å². The number of likely N-dealkylation sites (tertiary alicyclic amines) is 1. The highest BCUT2D eigenvalue weighted by Crippen LogP contribution is 2.77. The molecule has 9 rings (SSSR count). The molecule has 2 N–H and O–H groups in total. The molecule has 0 amide bonds. The van der Waals surface area contributed by atoms with Gasteiger partial charge in [-0.25, -0.2) is 0 Å². The maximum atomic E-state index is 12.3. The van der Waals surface area contributed by atoms with Gasteiger partial charge in [0.25, 0.3) is 0 Å². The van der Waals surface area contributed by atoms with Gasteiger partial charge in [0.2, 0.25) is 0 Å². The summed E-state index contributed by atoms with van der Waals surface area (Å²) in [5.41, 5.74) is 1.11. The van der Waals surface area contributed by atoms with E-state index in [1.54, 1.807) is 11.3 Å². The molecule has 4 saturated carbocycles. The summed E-state index contributed by atoms with van der Waals surface area (Å²) in [6, 6.07) is 8.75. The number of aliphatic hydroxyl groups is 1. The Balaban J connectivity index is 1.28. The Morgan fingerprint density at radius 2 is 2.08 bits per heavy atom. The van der Waals surface area contributed by atoms with Crippen molar-refractivity contribution in [1.82, 2.24) is 4.90 Å². The summed E-state index contributed by atoms with van der Waals surface area (Å²) in [5.74, 6) is 1.82. The van der Waals surface area contributed by atoms with Crippen molar-refractivity contribution in [1.29, 1.82) is 0 Å². The molecule has 1 aromatic carbocycles. The monoisotopic (exact) mass is 521 g/mol. The van der Waals surface area contributed by atoms with Crippen molar-refractivity contribution >= 4 is 11.3 Å². The lowest BCUT2D eigenvalue weighted by Crippen LogP contribution is -2.82. The van der Waals surface area contributed by atoms with Crippen molar-refractivity contribution in [2.75, 3.05) is 20.2 Å². The number of aryl methyl sites for hydroxylation is 1. The van der Waals surface area contributed by atoms with E-state index in [-0.39, 0.29) is 28.6 Å². The number of ether oxygens (including phenoxy) is 2. The van der Waals surface area contributed by atoms with Crippen LogP contribution in [0.4, 0.5) is 0 Å². The number of thiophene rings is 1. The van der Waals surface area contributed by atoms with E-state index in [1.165, 1.54) is 35.4 Å². The first-order chi connectivity index (χ1) is 17.8. The summed E-state index contributed by atoms with van der Waals surface area (Å²) in [4.78, 5) is 4.16. The third-order valence-electron chi connectivity index (χ3n) is 11.9. The summed E-state index contributed by atoms with van der Waals surface area (Å²) in [7, 11) is 1.84. The Morgan fingerprint density at radius 1 is 1.22 bits per heavy atom. The van der Waals surface area contributed by atoms with Crippen molar-refractivity contribution < 1.29 is 19.7 Å². The number of methoxy groups -OCH3 is 1. The number of fused-ring (bicyclic) bond motifs is 2. The lowest BCUT2D eigenvalue weighted by Gasteiger charge is -2.75. The van der Waals surface area contributed by atoms with Crippen LogP contribution in [-0.4, -0.2) is 58.7 Å².